The number of benzene rings is 2. The van der Waals surface area contributed by atoms with Gasteiger partial charge < -0.3 is 10.1 Å². The van der Waals surface area contributed by atoms with Gasteiger partial charge in [0.2, 0.25) is 0 Å². The maximum absolute atomic E-state index is 12.6. The average molecular weight is 371 g/mol. The van der Waals surface area contributed by atoms with Crippen LogP contribution in [0.4, 0.5) is 11.4 Å². The predicted octanol–water partition coefficient (Wildman–Crippen LogP) is 5.70. The molecule has 1 heterocycles. The average Bonchev–Trinajstić information content (AvgIpc) is 2.63. The number of carbonyl (C=O) groups excluding carboxylic acids is 1. The van der Waals surface area contributed by atoms with Crippen molar-refractivity contribution in [2.75, 3.05) is 12.4 Å². The van der Waals surface area contributed by atoms with E-state index in [4.69, 9.17) is 4.74 Å². The highest BCUT2D eigenvalue weighted by atomic mass is 35.5. The first kappa shape index (κ1) is 19.7. The number of rotatable bonds is 6. The summed E-state index contributed by atoms with van der Waals surface area (Å²) >= 11 is 0. The molecule has 0 radical (unpaired) electrons. The maximum Gasteiger partial charge on any atom is 0.166 e. The van der Waals surface area contributed by atoms with Gasteiger partial charge in [-0.1, -0.05) is 37.3 Å². The summed E-state index contributed by atoms with van der Waals surface area (Å²) in [6.45, 7) is 4.05. The number of methoxy groups -OCH3 is 1. The zero-order valence-electron chi connectivity index (χ0n) is 15.2. The number of pyridine rings is 1. The molecule has 0 bridgehead atoms. The number of carbonyl (C=O) groups is 1. The molecule has 0 saturated carbocycles. The van der Waals surface area contributed by atoms with Gasteiger partial charge in [0.15, 0.2) is 5.78 Å². The second-order valence-electron chi connectivity index (χ2n) is 6.02. The lowest BCUT2D eigenvalue weighted by Crippen LogP contribution is -2.06. The van der Waals surface area contributed by atoms with Crippen LogP contribution in [0, 0.1) is 6.92 Å². The predicted molar refractivity (Wildman–Crippen MR) is 109 cm³/mol. The van der Waals surface area contributed by atoms with Gasteiger partial charge in [-0.25, -0.2) is 0 Å². The van der Waals surface area contributed by atoms with E-state index in [1.165, 1.54) is 0 Å². The third-order valence-electron chi connectivity index (χ3n) is 4.26. The van der Waals surface area contributed by atoms with E-state index in [2.05, 4.69) is 10.3 Å². The first-order valence-electron chi connectivity index (χ1n) is 8.47. The second kappa shape index (κ2) is 8.68. The van der Waals surface area contributed by atoms with Crippen LogP contribution in [-0.2, 0) is 0 Å². The van der Waals surface area contributed by atoms with Gasteiger partial charge >= 0.3 is 0 Å². The van der Waals surface area contributed by atoms with E-state index in [1.54, 1.807) is 13.3 Å². The Kier molecular flexibility index (Phi) is 6.58. The molecule has 26 heavy (non-hydrogen) atoms. The Hall–Kier alpha value is -2.59. The van der Waals surface area contributed by atoms with Crippen LogP contribution in [0.3, 0.4) is 0 Å². The van der Waals surface area contributed by atoms with Crippen LogP contribution < -0.4 is 10.1 Å². The van der Waals surface area contributed by atoms with Gasteiger partial charge in [-0.3, -0.25) is 9.78 Å². The number of para-hydroxylation sites is 2. The monoisotopic (exact) mass is 370 g/mol. The third kappa shape index (κ3) is 3.81. The Balaban J connectivity index is 0.00000243. The number of Topliss-reactive ketones (excluding diaryl/α,β-unsaturated/α-hetero) is 1. The molecule has 0 atom stereocenters. The second-order valence-corrected chi connectivity index (χ2v) is 6.02. The summed E-state index contributed by atoms with van der Waals surface area (Å²) in [5, 5.41) is 4.34. The Morgan fingerprint density at radius 2 is 1.92 bits per heavy atom. The molecule has 0 aliphatic heterocycles. The van der Waals surface area contributed by atoms with Crippen molar-refractivity contribution in [1.82, 2.24) is 4.98 Å². The number of hydrogen-bond acceptors (Lipinski definition) is 4. The zero-order valence-corrected chi connectivity index (χ0v) is 16.0. The molecule has 0 unspecified atom stereocenters. The van der Waals surface area contributed by atoms with Gasteiger partial charge in [0.1, 0.15) is 11.3 Å². The number of halogens is 1. The Bertz CT molecular complexity index is 925. The molecule has 136 valence electrons. The quantitative estimate of drug-likeness (QED) is 0.565. The van der Waals surface area contributed by atoms with E-state index < -0.39 is 0 Å². The van der Waals surface area contributed by atoms with Gasteiger partial charge in [0.25, 0.3) is 0 Å². The summed E-state index contributed by atoms with van der Waals surface area (Å²) in [4.78, 5) is 17.1. The minimum atomic E-state index is 0. The number of anilines is 2. The molecule has 0 fully saturated rings. The van der Waals surface area contributed by atoms with Crippen molar-refractivity contribution in [3.8, 4) is 5.75 Å². The number of aromatic nitrogens is 1. The van der Waals surface area contributed by atoms with Crippen molar-refractivity contribution in [1.29, 1.82) is 0 Å². The Labute approximate surface area is 160 Å². The van der Waals surface area contributed by atoms with Crippen LogP contribution in [0.25, 0.3) is 10.9 Å². The largest absolute Gasteiger partial charge is 0.494 e. The molecule has 0 amide bonds. The van der Waals surface area contributed by atoms with Crippen molar-refractivity contribution >= 4 is 40.5 Å². The normalized spacial score (nSPS) is 10.3. The fourth-order valence-corrected chi connectivity index (χ4v) is 2.92. The number of hydrogen-bond donors (Lipinski definition) is 1. The molecule has 5 heteroatoms. The lowest BCUT2D eigenvalue weighted by atomic mass is 10.0. The number of nitrogens with zero attached hydrogens (tertiary/aromatic N) is 1. The van der Waals surface area contributed by atoms with Crippen molar-refractivity contribution in [2.24, 2.45) is 0 Å². The van der Waals surface area contributed by atoms with E-state index in [9.17, 15) is 4.79 Å². The fourth-order valence-electron chi connectivity index (χ4n) is 2.92. The topological polar surface area (TPSA) is 51.2 Å². The highest BCUT2D eigenvalue weighted by molar-refractivity contribution is 6.09. The molecule has 0 aliphatic carbocycles. The van der Waals surface area contributed by atoms with Gasteiger partial charge in [0.05, 0.1) is 18.4 Å². The Morgan fingerprint density at radius 3 is 2.62 bits per heavy atom. The molecule has 1 aromatic heterocycles. The minimum absolute atomic E-state index is 0. The standard InChI is InChI=1S/C21H22N2O2.ClH/c1-4-8-18(24)16-13-22-21-15(10-7-12-19(21)25-3)20(16)23-17-11-6-5-9-14(17)2;/h5-7,9-13H,4,8H2,1-3H3,(H,22,23);1H. The van der Waals surface area contributed by atoms with Crippen molar-refractivity contribution in [3.63, 3.8) is 0 Å². The first-order valence-corrected chi connectivity index (χ1v) is 8.47. The number of ketones is 1. The molecule has 3 aromatic rings. The lowest BCUT2D eigenvalue weighted by molar-refractivity contribution is 0.0982. The lowest BCUT2D eigenvalue weighted by Gasteiger charge is -2.16. The smallest absolute Gasteiger partial charge is 0.166 e. The van der Waals surface area contributed by atoms with Crippen LogP contribution >= 0.6 is 12.4 Å². The number of nitrogens with one attached hydrogen (secondary N) is 1. The molecule has 3 rings (SSSR count). The van der Waals surface area contributed by atoms with E-state index >= 15 is 0 Å². The summed E-state index contributed by atoms with van der Waals surface area (Å²) in [7, 11) is 1.63. The van der Waals surface area contributed by atoms with Crippen molar-refractivity contribution in [3.05, 3.63) is 59.8 Å². The van der Waals surface area contributed by atoms with Crippen molar-refractivity contribution in [2.45, 2.75) is 26.7 Å². The molecule has 0 spiro atoms. The van der Waals surface area contributed by atoms with E-state index in [-0.39, 0.29) is 18.2 Å². The summed E-state index contributed by atoms with van der Waals surface area (Å²) in [5.41, 5.74) is 4.24. The van der Waals surface area contributed by atoms with E-state index in [0.29, 0.717) is 17.7 Å². The van der Waals surface area contributed by atoms with Crippen LogP contribution in [0.1, 0.15) is 35.7 Å². The summed E-state index contributed by atoms with van der Waals surface area (Å²) in [5.74, 6) is 0.788. The van der Waals surface area contributed by atoms with Gasteiger partial charge in [-0.05, 0) is 31.0 Å². The molecule has 1 N–H and O–H groups in total. The van der Waals surface area contributed by atoms with Crippen LogP contribution in [0.15, 0.2) is 48.7 Å². The highest BCUT2D eigenvalue weighted by Crippen LogP contribution is 2.34. The Morgan fingerprint density at radius 1 is 1.15 bits per heavy atom. The summed E-state index contributed by atoms with van der Waals surface area (Å²) < 4.78 is 5.43. The number of ether oxygens (including phenoxy) is 1. The molecule has 4 nitrogen and oxygen atoms in total. The number of fused-ring (bicyclic) bond motifs is 1. The molecule has 2 aromatic carbocycles. The molecular formula is C21H23ClN2O2. The van der Waals surface area contributed by atoms with E-state index in [1.807, 2.05) is 56.3 Å². The van der Waals surface area contributed by atoms with Gasteiger partial charge in [-0.15, -0.1) is 12.4 Å². The fraction of sp³-hybridized carbons (Fsp3) is 0.238. The molecule has 0 saturated heterocycles. The van der Waals surface area contributed by atoms with E-state index in [0.717, 1.165) is 34.3 Å². The van der Waals surface area contributed by atoms with Crippen LogP contribution in [-0.4, -0.2) is 17.9 Å². The first-order chi connectivity index (χ1) is 12.2. The minimum Gasteiger partial charge on any atom is -0.494 e. The molecule has 0 aliphatic rings. The summed E-state index contributed by atoms with van der Waals surface area (Å²) in [6, 6.07) is 13.8. The van der Waals surface area contributed by atoms with Gasteiger partial charge in [-0.2, -0.15) is 0 Å². The maximum atomic E-state index is 12.6. The zero-order chi connectivity index (χ0) is 17.8. The SMILES string of the molecule is CCCC(=O)c1cnc2c(OC)cccc2c1Nc1ccccc1C.Cl. The summed E-state index contributed by atoms with van der Waals surface area (Å²) in [6.07, 6.45) is 2.96. The number of aryl methyl sites for hydroxylation is 1. The third-order valence-corrected chi connectivity index (χ3v) is 4.26. The highest BCUT2D eigenvalue weighted by Gasteiger charge is 2.17. The van der Waals surface area contributed by atoms with Crippen LogP contribution in [0.2, 0.25) is 0 Å². The van der Waals surface area contributed by atoms with Crippen LogP contribution in [0.5, 0.6) is 5.75 Å². The molecular weight excluding hydrogens is 348 g/mol. The van der Waals surface area contributed by atoms with Crippen molar-refractivity contribution < 1.29 is 9.53 Å². The van der Waals surface area contributed by atoms with Gasteiger partial charge in [0, 0.05) is 23.7 Å².